The molecule has 3 heterocycles. The van der Waals surface area contributed by atoms with Gasteiger partial charge in [-0.1, -0.05) is 41.9 Å². The van der Waals surface area contributed by atoms with E-state index >= 15 is 0 Å². The van der Waals surface area contributed by atoms with Crippen molar-refractivity contribution in [2.24, 2.45) is 0 Å². The Morgan fingerprint density at radius 2 is 1.76 bits per heavy atom. The number of halogens is 3. The van der Waals surface area contributed by atoms with E-state index < -0.39 is 22.2 Å². The molecule has 1 saturated heterocycles. The lowest BCUT2D eigenvalue weighted by Gasteiger charge is -2.27. The molecule has 12 nitrogen and oxygen atoms in total. The number of aromatic nitrogens is 3. The first-order valence-electron chi connectivity index (χ1n) is 13.8. The lowest BCUT2D eigenvalue weighted by atomic mass is 9.96. The molecule has 2 aliphatic heterocycles. The van der Waals surface area contributed by atoms with Crippen LogP contribution in [0.5, 0.6) is 17.5 Å². The molecule has 0 aliphatic carbocycles. The van der Waals surface area contributed by atoms with E-state index in [4.69, 9.17) is 25.8 Å². The minimum Gasteiger partial charge on any atom is -0.467 e. The van der Waals surface area contributed by atoms with Crippen molar-refractivity contribution in [2.75, 3.05) is 55.1 Å². The number of ether oxygens (including phenoxy) is 3. The minimum absolute atomic E-state index is 0.0187. The zero-order chi connectivity index (χ0) is 31.8. The molecular weight excluding hydrogens is 632 g/mol. The van der Waals surface area contributed by atoms with E-state index in [9.17, 15) is 17.2 Å². The summed E-state index contributed by atoms with van der Waals surface area (Å²) < 4.78 is 68.4. The highest BCUT2D eigenvalue weighted by Gasteiger charge is 2.45. The summed E-state index contributed by atoms with van der Waals surface area (Å²) in [5, 5.41) is 10.1. The van der Waals surface area contributed by atoms with Crippen LogP contribution >= 0.6 is 11.6 Å². The Morgan fingerprint density at radius 3 is 2.49 bits per heavy atom. The lowest BCUT2D eigenvalue weighted by Crippen LogP contribution is -2.44. The summed E-state index contributed by atoms with van der Waals surface area (Å²) in [6, 6.07) is 15.0. The first kappa shape index (κ1) is 30.6. The van der Waals surface area contributed by atoms with Crippen LogP contribution in [-0.4, -0.2) is 69.2 Å². The van der Waals surface area contributed by atoms with E-state index in [1.165, 1.54) is 25.3 Å². The summed E-state index contributed by atoms with van der Waals surface area (Å²) in [6.45, 7) is 2.81. The molecular formula is C29H28ClF2N7O5S. The number of nitrogens with one attached hydrogen (secondary N) is 3. The third-order valence-electron chi connectivity index (χ3n) is 7.14. The van der Waals surface area contributed by atoms with Gasteiger partial charge in [0, 0.05) is 43.0 Å². The highest BCUT2D eigenvalue weighted by atomic mass is 35.5. The monoisotopic (exact) mass is 659 g/mol. The SMILES string of the molecule is COc1nc(Nc2cc(S(C)(=O)=O)ccc2N[C@H](c2ccccc2Cl)c2cccc3c2OC(F)(F)O3)nc(N2CCNCC2)n1. The number of nitrogens with zero attached hydrogens (tertiary/aromatic N) is 4. The molecule has 1 fully saturated rings. The van der Waals surface area contributed by atoms with Crippen LogP contribution in [0.4, 0.5) is 32.1 Å². The van der Waals surface area contributed by atoms with E-state index in [0.29, 0.717) is 40.9 Å². The van der Waals surface area contributed by atoms with Gasteiger partial charge in [0.25, 0.3) is 0 Å². The number of fused-ring (bicyclic) bond motifs is 1. The largest absolute Gasteiger partial charge is 0.586 e. The average molecular weight is 660 g/mol. The Morgan fingerprint density at radius 1 is 1.00 bits per heavy atom. The van der Waals surface area contributed by atoms with Gasteiger partial charge in [-0.05, 0) is 35.9 Å². The second-order valence-electron chi connectivity index (χ2n) is 10.2. The van der Waals surface area contributed by atoms with Crippen molar-refractivity contribution in [3.05, 3.63) is 76.8 Å². The second-order valence-corrected chi connectivity index (χ2v) is 12.7. The first-order chi connectivity index (χ1) is 21.5. The van der Waals surface area contributed by atoms with Crippen LogP contribution in [-0.2, 0) is 9.84 Å². The molecule has 3 N–H and O–H groups in total. The van der Waals surface area contributed by atoms with Gasteiger partial charge in [-0.2, -0.15) is 15.0 Å². The van der Waals surface area contributed by atoms with Crippen molar-refractivity contribution in [1.29, 1.82) is 0 Å². The van der Waals surface area contributed by atoms with E-state index in [1.807, 2.05) is 4.90 Å². The zero-order valence-corrected chi connectivity index (χ0v) is 25.6. The molecule has 45 heavy (non-hydrogen) atoms. The molecule has 0 amide bonds. The zero-order valence-electron chi connectivity index (χ0n) is 24.1. The molecule has 0 saturated carbocycles. The maximum Gasteiger partial charge on any atom is 0.586 e. The third-order valence-corrected chi connectivity index (χ3v) is 8.59. The topological polar surface area (TPSA) is 140 Å². The van der Waals surface area contributed by atoms with E-state index in [2.05, 4.69) is 30.9 Å². The molecule has 6 rings (SSSR count). The van der Waals surface area contributed by atoms with Crippen molar-refractivity contribution < 1.29 is 31.4 Å². The Bertz CT molecular complexity index is 1840. The number of benzene rings is 3. The molecule has 0 bridgehead atoms. The van der Waals surface area contributed by atoms with Crippen LogP contribution in [0.15, 0.2) is 65.6 Å². The van der Waals surface area contributed by atoms with E-state index in [1.54, 1.807) is 42.5 Å². The van der Waals surface area contributed by atoms with Gasteiger partial charge in [0.05, 0.1) is 29.4 Å². The Balaban J connectivity index is 1.45. The number of hydrogen-bond acceptors (Lipinski definition) is 12. The van der Waals surface area contributed by atoms with E-state index in [0.717, 1.165) is 19.3 Å². The molecule has 1 atom stereocenters. The number of rotatable bonds is 9. The fraction of sp³-hybridized carbons (Fsp3) is 0.276. The minimum atomic E-state index is -3.85. The predicted octanol–water partition coefficient (Wildman–Crippen LogP) is 4.61. The van der Waals surface area contributed by atoms with Crippen molar-refractivity contribution in [1.82, 2.24) is 20.3 Å². The van der Waals surface area contributed by atoms with Crippen molar-refractivity contribution in [2.45, 2.75) is 17.2 Å². The summed E-state index contributed by atoms with van der Waals surface area (Å²) in [7, 11) is -2.20. The number of anilines is 4. The summed E-state index contributed by atoms with van der Waals surface area (Å²) in [4.78, 5) is 15.3. The summed E-state index contributed by atoms with van der Waals surface area (Å²) >= 11 is 6.62. The van der Waals surface area contributed by atoms with Crippen molar-refractivity contribution >= 4 is 44.7 Å². The number of para-hydroxylation sites is 1. The summed E-state index contributed by atoms with van der Waals surface area (Å²) in [5.74, 6) is 0.173. The quantitative estimate of drug-likeness (QED) is 0.231. The maximum absolute atomic E-state index is 14.2. The summed E-state index contributed by atoms with van der Waals surface area (Å²) in [6.07, 6.45) is -2.77. The second kappa shape index (κ2) is 12.1. The van der Waals surface area contributed by atoms with Gasteiger partial charge in [0.1, 0.15) is 0 Å². The van der Waals surface area contributed by atoms with Gasteiger partial charge in [-0.25, -0.2) is 8.42 Å². The lowest BCUT2D eigenvalue weighted by molar-refractivity contribution is -0.287. The molecule has 4 aromatic rings. The molecule has 3 aromatic carbocycles. The molecule has 0 unspecified atom stereocenters. The maximum atomic E-state index is 14.2. The van der Waals surface area contributed by atoms with Gasteiger partial charge >= 0.3 is 12.3 Å². The number of alkyl halides is 2. The third kappa shape index (κ3) is 6.65. The van der Waals surface area contributed by atoms with Crippen molar-refractivity contribution in [3.63, 3.8) is 0 Å². The first-order valence-corrected chi connectivity index (χ1v) is 16.0. The number of methoxy groups -OCH3 is 1. The van der Waals surface area contributed by atoms with Gasteiger partial charge in [-0.15, -0.1) is 8.78 Å². The van der Waals surface area contributed by atoms with E-state index in [-0.39, 0.29) is 34.0 Å². The van der Waals surface area contributed by atoms with Gasteiger partial charge in [-0.3, -0.25) is 0 Å². The normalized spacial score (nSPS) is 16.2. The molecule has 0 spiro atoms. The van der Waals surface area contributed by atoms with Gasteiger partial charge < -0.3 is 35.1 Å². The van der Waals surface area contributed by atoms with Crippen LogP contribution in [0.1, 0.15) is 17.2 Å². The van der Waals surface area contributed by atoms with Gasteiger partial charge in [0.2, 0.25) is 11.9 Å². The van der Waals surface area contributed by atoms with Crippen molar-refractivity contribution in [3.8, 4) is 17.5 Å². The molecule has 1 aromatic heterocycles. The molecule has 2 aliphatic rings. The van der Waals surface area contributed by atoms with Crippen LogP contribution < -0.4 is 35.1 Å². The molecule has 16 heteroatoms. The number of sulfone groups is 1. The van der Waals surface area contributed by atoms with Gasteiger partial charge in [0.15, 0.2) is 21.3 Å². The highest BCUT2D eigenvalue weighted by molar-refractivity contribution is 7.90. The molecule has 0 radical (unpaired) electrons. The number of hydrogen-bond donors (Lipinski definition) is 3. The summed E-state index contributed by atoms with van der Waals surface area (Å²) in [5.41, 5.74) is 1.48. The number of piperazine rings is 1. The predicted molar refractivity (Wildman–Crippen MR) is 164 cm³/mol. The Hall–Kier alpha value is -4.47. The van der Waals surface area contributed by atoms with Crippen LogP contribution in [0.25, 0.3) is 0 Å². The average Bonchev–Trinajstić information content (AvgIpc) is 3.34. The Labute approximate surface area is 262 Å². The Kier molecular flexibility index (Phi) is 8.24. The highest BCUT2D eigenvalue weighted by Crippen LogP contribution is 2.48. The van der Waals surface area contributed by atoms with Crippen LogP contribution in [0.2, 0.25) is 5.02 Å². The fourth-order valence-corrected chi connectivity index (χ4v) is 5.90. The smallest absolute Gasteiger partial charge is 0.467 e. The standard InChI is InChI=1S/C29H28ClF2N7O5S/c1-42-28-37-26(36-27(38-28)39-14-12-33-13-15-39)35-22-16-17(45(2,40)41)10-11-21(22)34-24(18-6-3-4-8-20(18)30)19-7-5-9-23-25(19)44-29(31,32)43-23/h3-11,16,24,33-34H,12-15H2,1-2H3,(H,35,36,37,38)/t24-/m1/s1. The molecule has 236 valence electrons. The van der Waals surface area contributed by atoms with Crippen LogP contribution in [0.3, 0.4) is 0 Å². The fourth-order valence-electron chi connectivity index (χ4n) is 5.01. The van der Waals surface area contributed by atoms with Crippen LogP contribution in [0, 0.1) is 0 Å².